The Kier molecular flexibility index (Phi) is 4.96. The van der Waals surface area contributed by atoms with Crippen LogP contribution in [0.4, 0.5) is 0 Å². The number of furan rings is 1. The maximum Gasteiger partial charge on any atom is 0.374 e. The molecule has 0 fully saturated rings. The van der Waals surface area contributed by atoms with Gasteiger partial charge in [0.15, 0.2) is 0 Å². The van der Waals surface area contributed by atoms with Crippen molar-refractivity contribution in [2.24, 2.45) is 0 Å². The molecule has 0 aliphatic rings. The van der Waals surface area contributed by atoms with Gasteiger partial charge in [-0.15, -0.1) is 0 Å². The average molecular weight is 273 g/mol. The maximum absolute atomic E-state index is 11.4. The third kappa shape index (κ3) is 3.71. The van der Waals surface area contributed by atoms with Gasteiger partial charge in [0.05, 0.1) is 13.4 Å². The molecule has 20 heavy (non-hydrogen) atoms. The molecule has 0 amide bonds. The molecule has 0 radical (unpaired) electrons. The molecular weight excluding hydrogens is 254 g/mol. The van der Waals surface area contributed by atoms with E-state index in [1.807, 2.05) is 0 Å². The van der Waals surface area contributed by atoms with Gasteiger partial charge in [0.2, 0.25) is 5.76 Å². The minimum absolute atomic E-state index is 0.274. The summed E-state index contributed by atoms with van der Waals surface area (Å²) in [6, 6.07) is 10.2. The summed E-state index contributed by atoms with van der Waals surface area (Å²) in [7, 11) is 1.35. The van der Waals surface area contributed by atoms with Crippen LogP contribution in [0.15, 0.2) is 41.0 Å². The SMILES string of the molecule is COC(=O)c1occc1CNCCc1cccc(C)c1. The van der Waals surface area contributed by atoms with Gasteiger partial charge in [0.25, 0.3) is 0 Å². The molecule has 0 unspecified atom stereocenters. The number of ether oxygens (including phenoxy) is 1. The van der Waals surface area contributed by atoms with Gasteiger partial charge in [-0.25, -0.2) is 4.79 Å². The summed E-state index contributed by atoms with van der Waals surface area (Å²) in [5, 5.41) is 3.31. The second-order valence-corrected chi connectivity index (χ2v) is 4.68. The zero-order valence-corrected chi connectivity index (χ0v) is 11.8. The zero-order valence-electron chi connectivity index (χ0n) is 11.8. The smallest absolute Gasteiger partial charge is 0.374 e. The van der Waals surface area contributed by atoms with Crippen LogP contribution < -0.4 is 5.32 Å². The van der Waals surface area contributed by atoms with Gasteiger partial charge in [-0.3, -0.25) is 0 Å². The molecule has 2 aromatic rings. The maximum atomic E-state index is 11.4. The lowest BCUT2D eigenvalue weighted by atomic mass is 10.1. The Labute approximate surface area is 118 Å². The molecule has 0 spiro atoms. The van der Waals surface area contributed by atoms with Crippen molar-refractivity contribution in [1.82, 2.24) is 5.32 Å². The van der Waals surface area contributed by atoms with Crippen molar-refractivity contribution in [3.8, 4) is 0 Å². The van der Waals surface area contributed by atoms with Crippen LogP contribution in [-0.4, -0.2) is 19.6 Å². The summed E-state index contributed by atoms with van der Waals surface area (Å²) in [6.45, 7) is 3.52. The second-order valence-electron chi connectivity index (χ2n) is 4.68. The number of benzene rings is 1. The van der Waals surface area contributed by atoms with E-state index in [-0.39, 0.29) is 5.76 Å². The summed E-state index contributed by atoms with van der Waals surface area (Å²) in [6.07, 6.45) is 2.46. The standard InChI is InChI=1S/C16H19NO3/c1-12-4-3-5-13(10-12)6-8-17-11-14-7-9-20-15(14)16(18)19-2/h3-5,7,9-10,17H,6,8,11H2,1-2H3. The average Bonchev–Trinajstić information content (AvgIpc) is 2.91. The lowest BCUT2D eigenvalue weighted by molar-refractivity contribution is 0.0563. The molecule has 0 saturated heterocycles. The van der Waals surface area contributed by atoms with Crippen molar-refractivity contribution < 1.29 is 13.9 Å². The molecule has 106 valence electrons. The number of carbonyl (C=O) groups excluding carboxylic acids is 1. The number of hydrogen-bond acceptors (Lipinski definition) is 4. The Morgan fingerprint density at radius 2 is 2.20 bits per heavy atom. The van der Waals surface area contributed by atoms with Crippen LogP contribution in [-0.2, 0) is 17.7 Å². The highest BCUT2D eigenvalue weighted by atomic mass is 16.5. The van der Waals surface area contributed by atoms with Gasteiger partial charge >= 0.3 is 5.97 Å². The van der Waals surface area contributed by atoms with Crippen molar-refractivity contribution in [1.29, 1.82) is 0 Å². The zero-order chi connectivity index (χ0) is 14.4. The van der Waals surface area contributed by atoms with E-state index in [1.165, 1.54) is 24.5 Å². The molecule has 4 nitrogen and oxygen atoms in total. The number of aryl methyl sites for hydroxylation is 1. The summed E-state index contributed by atoms with van der Waals surface area (Å²) in [5.41, 5.74) is 3.39. The van der Waals surface area contributed by atoms with Crippen LogP contribution in [0, 0.1) is 6.92 Å². The van der Waals surface area contributed by atoms with Gasteiger partial charge in [-0.1, -0.05) is 29.8 Å². The Morgan fingerprint density at radius 3 is 2.95 bits per heavy atom. The molecule has 1 aromatic heterocycles. The quantitative estimate of drug-likeness (QED) is 0.649. The van der Waals surface area contributed by atoms with Crippen molar-refractivity contribution in [2.75, 3.05) is 13.7 Å². The number of methoxy groups -OCH3 is 1. The van der Waals surface area contributed by atoms with Crippen molar-refractivity contribution in [3.05, 3.63) is 59.0 Å². The van der Waals surface area contributed by atoms with Crippen LogP contribution in [0.3, 0.4) is 0 Å². The van der Waals surface area contributed by atoms with Crippen molar-refractivity contribution in [3.63, 3.8) is 0 Å². The lowest BCUT2D eigenvalue weighted by Crippen LogP contribution is -2.18. The highest BCUT2D eigenvalue weighted by Gasteiger charge is 2.14. The molecule has 4 heteroatoms. The Balaban J connectivity index is 1.82. The molecule has 1 N–H and O–H groups in total. The van der Waals surface area contributed by atoms with E-state index in [4.69, 9.17) is 4.42 Å². The molecule has 0 bridgehead atoms. The molecule has 0 aliphatic carbocycles. The molecule has 0 aliphatic heterocycles. The first kappa shape index (κ1) is 14.3. The fourth-order valence-corrected chi connectivity index (χ4v) is 2.07. The normalized spacial score (nSPS) is 10.5. The van der Waals surface area contributed by atoms with E-state index in [0.717, 1.165) is 18.5 Å². The summed E-state index contributed by atoms with van der Waals surface area (Å²) >= 11 is 0. The largest absolute Gasteiger partial charge is 0.463 e. The Morgan fingerprint density at radius 1 is 1.35 bits per heavy atom. The van der Waals surface area contributed by atoms with Gasteiger partial charge < -0.3 is 14.5 Å². The van der Waals surface area contributed by atoms with Crippen LogP contribution in [0.5, 0.6) is 0 Å². The number of rotatable bonds is 6. The van der Waals surface area contributed by atoms with Gasteiger partial charge in [0.1, 0.15) is 0 Å². The first-order valence-corrected chi connectivity index (χ1v) is 6.61. The van der Waals surface area contributed by atoms with Gasteiger partial charge in [-0.2, -0.15) is 0 Å². The third-order valence-corrected chi connectivity index (χ3v) is 3.11. The lowest BCUT2D eigenvalue weighted by Gasteiger charge is -2.05. The van der Waals surface area contributed by atoms with Crippen molar-refractivity contribution >= 4 is 5.97 Å². The second kappa shape index (κ2) is 6.91. The summed E-state index contributed by atoms with van der Waals surface area (Å²) < 4.78 is 9.80. The van der Waals surface area contributed by atoms with Crippen LogP contribution in [0.2, 0.25) is 0 Å². The Bertz CT molecular complexity index is 575. The fraction of sp³-hybridized carbons (Fsp3) is 0.312. The first-order chi connectivity index (χ1) is 9.70. The highest BCUT2D eigenvalue weighted by Crippen LogP contribution is 2.11. The number of esters is 1. The molecule has 1 aromatic carbocycles. The van der Waals surface area contributed by atoms with E-state index in [2.05, 4.69) is 41.2 Å². The monoisotopic (exact) mass is 273 g/mol. The van der Waals surface area contributed by atoms with E-state index >= 15 is 0 Å². The van der Waals surface area contributed by atoms with Gasteiger partial charge in [0, 0.05) is 12.1 Å². The Hall–Kier alpha value is -2.07. The molecule has 2 rings (SSSR count). The summed E-state index contributed by atoms with van der Waals surface area (Å²) in [4.78, 5) is 11.4. The van der Waals surface area contributed by atoms with E-state index in [0.29, 0.717) is 6.54 Å². The van der Waals surface area contributed by atoms with E-state index < -0.39 is 5.97 Å². The molecule has 0 saturated carbocycles. The van der Waals surface area contributed by atoms with Crippen molar-refractivity contribution in [2.45, 2.75) is 19.9 Å². The minimum Gasteiger partial charge on any atom is -0.463 e. The topological polar surface area (TPSA) is 51.5 Å². The number of nitrogens with one attached hydrogen (secondary N) is 1. The fourth-order valence-electron chi connectivity index (χ4n) is 2.07. The number of carbonyl (C=O) groups is 1. The third-order valence-electron chi connectivity index (χ3n) is 3.11. The van der Waals surface area contributed by atoms with E-state index in [9.17, 15) is 4.79 Å². The number of hydrogen-bond donors (Lipinski definition) is 1. The minimum atomic E-state index is -0.439. The van der Waals surface area contributed by atoms with Crippen LogP contribution >= 0.6 is 0 Å². The first-order valence-electron chi connectivity index (χ1n) is 6.61. The molecule has 1 heterocycles. The van der Waals surface area contributed by atoms with Gasteiger partial charge in [-0.05, 0) is 31.5 Å². The predicted molar refractivity (Wildman–Crippen MR) is 76.6 cm³/mol. The molecule has 0 atom stereocenters. The van der Waals surface area contributed by atoms with Crippen LogP contribution in [0.25, 0.3) is 0 Å². The molecular formula is C16H19NO3. The highest BCUT2D eigenvalue weighted by molar-refractivity contribution is 5.87. The van der Waals surface area contributed by atoms with Crippen LogP contribution in [0.1, 0.15) is 27.2 Å². The van der Waals surface area contributed by atoms with E-state index in [1.54, 1.807) is 6.07 Å². The predicted octanol–water partition coefficient (Wildman–Crippen LogP) is 2.71. The summed E-state index contributed by atoms with van der Waals surface area (Å²) in [5.74, 6) is -0.166.